The van der Waals surface area contributed by atoms with Crippen LogP contribution in [0.2, 0.25) is 10.3 Å². The number of hydrazine groups is 2. The Labute approximate surface area is 262 Å². The van der Waals surface area contributed by atoms with Gasteiger partial charge in [0.15, 0.2) is 0 Å². The summed E-state index contributed by atoms with van der Waals surface area (Å²) in [7, 11) is 0. The molecule has 2 aromatic carbocycles. The Morgan fingerprint density at radius 2 is 1.55 bits per heavy atom. The molecule has 1 aliphatic heterocycles. The predicted molar refractivity (Wildman–Crippen MR) is 168 cm³/mol. The first-order valence-corrected chi connectivity index (χ1v) is 13.2. The number of benzene rings is 2. The second-order valence-corrected chi connectivity index (χ2v) is 9.61. The zero-order valence-electron chi connectivity index (χ0n) is 23.2. The van der Waals surface area contributed by atoms with E-state index in [1.165, 1.54) is 12.1 Å². The Kier molecular flexibility index (Phi) is 11.7. The minimum absolute atomic E-state index is 0.119. The van der Waals surface area contributed by atoms with E-state index >= 15 is 0 Å². The molecule has 14 heteroatoms. The predicted octanol–water partition coefficient (Wildman–Crippen LogP) is 6.92. The van der Waals surface area contributed by atoms with Crippen LogP contribution < -0.4 is 16.0 Å². The molecule has 5 rings (SSSR count). The zero-order valence-corrected chi connectivity index (χ0v) is 24.7. The van der Waals surface area contributed by atoms with Crippen molar-refractivity contribution in [2.75, 3.05) is 5.01 Å². The normalized spacial score (nSPS) is 11.2. The number of terminal acetylenes is 1. The molecule has 4 N–H and O–H groups in total. The van der Waals surface area contributed by atoms with Crippen molar-refractivity contribution in [3.05, 3.63) is 133 Å². The van der Waals surface area contributed by atoms with Crippen LogP contribution in [0.3, 0.4) is 0 Å². The number of nitrogens with one attached hydrogen (secondary N) is 2. The van der Waals surface area contributed by atoms with Gasteiger partial charge in [-0.05, 0) is 79.0 Å². The van der Waals surface area contributed by atoms with Gasteiger partial charge in [-0.25, -0.2) is 19.6 Å². The molecule has 222 valence electrons. The minimum Gasteiger partial charge on any atom is -0.478 e. The molecule has 0 bridgehead atoms. The summed E-state index contributed by atoms with van der Waals surface area (Å²) in [6.07, 6.45) is 10.1. The van der Waals surface area contributed by atoms with Crippen molar-refractivity contribution in [1.82, 2.24) is 20.9 Å². The van der Waals surface area contributed by atoms with E-state index in [0.717, 1.165) is 33.6 Å². The summed E-state index contributed by atoms with van der Waals surface area (Å²) >= 11 is 11.3. The van der Waals surface area contributed by atoms with Gasteiger partial charge in [0.1, 0.15) is 10.3 Å². The van der Waals surface area contributed by atoms with E-state index in [4.69, 9.17) is 45.4 Å². The van der Waals surface area contributed by atoms with E-state index < -0.39 is 11.9 Å². The largest absolute Gasteiger partial charge is 0.478 e. The average molecular weight is 631 g/mol. The van der Waals surface area contributed by atoms with Gasteiger partial charge in [0.05, 0.1) is 22.5 Å². The molecule has 0 aliphatic carbocycles. The van der Waals surface area contributed by atoms with Crippen LogP contribution in [0.1, 0.15) is 43.0 Å². The maximum Gasteiger partial charge on any atom is 0.335 e. The van der Waals surface area contributed by atoms with E-state index in [-0.39, 0.29) is 11.1 Å². The highest BCUT2D eigenvalue weighted by Gasteiger charge is 2.17. The van der Waals surface area contributed by atoms with Gasteiger partial charge in [0.25, 0.3) is 0 Å². The molecule has 0 unspecified atom stereocenters. The maximum absolute atomic E-state index is 11.1. The highest BCUT2D eigenvalue weighted by atomic mass is 35.5. The Morgan fingerprint density at radius 1 is 0.932 bits per heavy atom. The molecule has 0 amide bonds. The van der Waals surface area contributed by atoms with Crippen molar-refractivity contribution in [3.63, 3.8) is 0 Å². The first-order chi connectivity index (χ1) is 21.0. The number of carbonyl (C=O) groups is 2. The molecule has 1 aliphatic rings. The standard InChI is InChI=1S/C15H13ClN4O2.C8H7N3O2.C7H4ClN/c1-9-2-3-10(15(21)22)6-13(9)20-8-12(18-19-20)11-4-5-14(16)17-7-11;1-5-2-3-6(8(12)13)4-7(5)10-11-9;1-2-6-3-4-7(8)9-5-6/h2-8,18-19H,1H3,(H,21,22);2-4H,1H3,(H,12,13);1,3-5H. The number of halogens is 2. The lowest BCUT2D eigenvalue weighted by molar-refractivity contribution is 0.0686. The maximum atomic E-state index is 11.1. The summed E-state index contributed by atoms with van der Waals surface area (Å²) in [4.78, 5) is 32.0. The molecular weight excluding hydrogens is 607 g/mol. The molecule has 4 aromatic rings. The number of azide groups is 1. The third kappa shape index (κ3) is 9.22. The molecule has 0 radical (unpaired) electrons. The number of aryl methyl sites for hydroxylation is 2. The molecule has 2 aromatic heterocycles. The van der Waals surface area contributed by atoms with E-state index in [2.05, 4.69) is 36.9 Å². The van der Waals surface area contributed by atoms with Gasteiger partial charge in [-0.3, -0.25) is 5.01 Å². The third-order valence-electron chi connectivity index (χ3n) is 5.83. The molecule has 0 saturated carbocycles. The lowest BCUT2D eigenvalue weighted by atomic mass is 10.1. The van der Waals surface area contributed by atoms with Gasteiger partial charge in [0.2, 0.25) is 0 Å². The van der Waals surface area contributed by atoms with Gasteiger partial charge >= 0.3 is 11.9 Å². The fourth-order valence-corrected chi connectivity index (χ4v) is 3.71. The summed E-state index contributed by atoms with van der Waals surface area (Å²) in [6, 6.07) is 16.4. The number of aromatic carboxylic acids is 2. The van der Waals surface area contributed by atoms with E-state index in [1.807, 2.05) is 19.2 Å². The van der Waals surface area contributed by atoms with Crippen LogP contribution in [0.15, 0.2) is 84.4 Å². The Balaban J connectivity index is 0.000000203. The van der Waals surface area contributed by atoms with Crippen molar-refractivity contribution < 1.29 is 19.8 Å². The van der Waals surface area contributed by atoms with Crippen LogP contribution in [-0.2, 0) is 0 Å². The third-order valence-corrected chi connectivity index (χ3v) is 6.27. The number of carboxylic acids is 2. The average Bonchev–Trinajstić information content (AvgIpc) is 3.50. The number of hydrogen-bond acceptors (Lipinski definition) is 8. The molecule has 44 heavy (non-hydrogen) atoms. The summed E-state index contributed by atoms with van der Waals surface area (Å²) < 4.78 is 0. The second-order valence-electron chi connectivity index (χ2n) is 8.84. The van der Waals surface area contributed by atoms with Gasteiger partial charge in [-0.15, -0.1) is 12.0 Å². The molecule has 0 fully saturated rings. The fraction of sp³-hybridized carbons (Fsp3) is 0.0667. The SMILES string of the molecule is C#Cc1ccc(Cl)nc1.Cc1ccc(C(=O)O)cc1N1C=C(c2ccc(Cl)nc2)NN1.Cc1ccc(C(=O)O)cc1N=[N+]=[N-]. The van der Waals surface area contributed by atoms with Crippen LogP contribution in [0.5, 0.6) is 0 Å². The van der Waals surface area contributed by atoms with Crippen LogP contribution in [0.4, 0.5) is 11.4 Å². The number of pyridine rings is 2. The van der Waals surface area contributed by atoms with E-state index in [9.17, 15) is 9.59 Å². The lowest BCUT2D eigenvalue weighted by Crippen LogP contribution is -2.36. The smallest absolute Gasteiger partial charge is 0.335 e. The van der Waals surface area contributed by atoms with Crippen LogP contribution in [0.25, 0.3) is 16.1 Å². The van der Waals surface area contributed by atoms with Crippen molar-refractivity contribution in [2.24, 2.45) is 5.11 Å². The molecular formula is C30H24Cl2N8O4. The second kappa shape index (κ2) is 15.6. The fourth-order valence-electron chi connectivity index (χ4n) is 3.49. The van der Waals surface area contributed by atoms with Gasteiger partial charge in [-0.2, -0.15) is 0 Å². The first-order valence-electron chi connectivity index (χ1n) is 12.5. The van der Waals surface area contributed by atoms with Crippen LogP contribution in [0, 0.1) is 26.2 Å². The summed E-state index contributed by atoms with van der Waals surface area (Å²) in [5, 5.41) is 23.7. The number of carboxylic acid groups (broad SMARTS) is 2. The Bertz CT molecular complexity index is 1780. The molecule has 0 saturated heterocycles. The summed E-state index contributed by atoms with van der Waals surface area (Å²) in [5.74, 6) is 0.441. The number of rotatable bonds is 5. The number of anilines is 1. The lowest BCUT2D eigenvalue weighted by Gasteiger charge is -2.18. The molecule has 3 heterocycles. The summed E-state index contributed by atoms with van der Waals surface area (Å²) in [5.41, 5.74) is 19.8. The highest BCUT2D eigenvalue weighted by Crippen LogP contribution is 2.25. The quantitative estimate of drug-likeness (QED) is 0.0599. The van der Waals surface area contributed by atoms with E-state index in [1.54, 1.807) is 66.8 Å². The van der Waals surface area contributed by atoms with Crippen molar-refractivity contribution in [3.8, 4) is 12.3 Å². The number of hydrogen-bond donors (Lipinski definition) is 4. The van der Waals surface area contributed by atoms with Gasteiger partial charge in [0, 0.05) is 40.3 Å². The van der Waals surface area contributed by atoms with Crippen molar-refractivity contribution >= 4 is 52.2 Å². The van der Waals surface area contributed by atoms with E-state index in [0.29, 0.717) is 16.0 Å². The molecule has 12 nitrogen and oxygen atoms in total. The highest BCUT2D eigenvalue weighted by molar-refractivity contribution is 6.29. The Morgan fingerprint density at radius 3 is 2.09 bits per heavy atom. The molecule has 0 atom stereocenters. The van der Waals surface area contributed by atoms with Crippen LogP contribution in [-0.4, -0.2) is 32.1 Å². The van der Waals surface area contributed by atoms with Gasteiger partial charge in [-0.1, -0.05) is 46.4 Å². The zero-order chi connectivity index (χ0) is 32.2. The van der Waals surface area contributed by atoms with Gasteiger partial charge < -0.3 is 15.6 Å². The minimum atomic E-state index is -1.03. The number of nitrogens with zero attached hydrogens (tertiary/aromatic N) is 6. The summed E-state index contributed by atoms with van der Waals surface area (Å²) in [6.45, 7) is 3.66. The number of aromatic nitrogens is 2. The first kappa shape index (κ1) is 32.9. The topological polar surface area (TPSA) is 176 Å². The molecule has 0 spiro atoms. The van der Waals surface area contributed by atoms with Crippen molar-refractivity contribution in [2.45, 2.75) is 13.8 Å². The monoisotopic (exact) mass is 630 g/mol. The Hall–Kier alpha value is -5.57. The van der Waals surface area contributed by atoms with Crippen LogP contribution >= 0.6 is 23.2 Å². The van der Waals surface area contributed by atoms with Crippen molar-refractivity contribution in [1.29, 1.82) is 0 Å².